The van der Waals surface area contributed by atoms with Gasteiger partial charge in [-0.1, -0.05) is 13.8 Å². The highest BCUT2D eigenvalue weighted by molar-refractivity contribution is 5.66. The van der Waals surface area contributed by atoms with E-state index in [9.17, 15) is 4.79 Å². The molecule has 0 aliphatic heterocycles. The number of aliphatic carboxylic acids is 1. The van der Waals surface area contributed by atoms with Gasteiger partial charge in [0.05, 0.1) is 52.7 Å². The summed E-state index contributed by atoms with van der Waals surface area (Å²) in [7, 11) is 0. The molecular weight excluding hydrogens is 252 g/mol. The summed E-state index contributed by atoms with van der Waals surface area (Å²) in [5, 5.41) is 8.37. The Labute approximate surface area is 115 Å². The number of carbonyl (C=O) groups is 1. The highest BCUT2D eigenvalue weighted by Crippen LogP contribution is 1.91. The van der Waals surface area contributed by atoms with Gasteiger partial charge in [-0.2, -0.15) is 0 Å². The third kappa shape index (κ3) is 17.3. The van der Waals surface area contributed by atoms with Crippen LogP contribution in [0.5, 0.6) is 0 Å². The van der Waals surface area contributed by atoms with Crippen LogP contribution in [0.15, 0.2) is 0 Å². The average Bonchev–Trinajstić information content (AvgIpc) is 2.34. The van der Waals surface area contributed by atoms with Gasteiger partial charge in [0.25, 0.3) is 0 Å². The van der Waals surface area contributed by atoms with Crippen molar-refractivity contribution in [3.8, 4) is 0 Å². The number of carboxylic acid groups (broad SMARTS) is 1. The molecule has 0 aromatic carbocycles. The van der Waals surface area contributed by atoms with E-state index in [0.717, 1.165) is 6.61 Å². The lowest BCUT2D eigenvalue weighted by molar-refractivity contribution is -0.138. The molecule has 19 heavy (non-hydrogen) atoms. The maximum absolute atomic E-state index is 10.2. The van der Waals surface area contributed by atoms with Crippen LogP contribution in [0.25, 0.3) is 0 Å². The highest BCUT2D eigenvalue weighted by Gasteiger charge is 1.96. The summed E-state index contributed by atoms with van der Waals surface area (Å²) in [5.41, 5.74) is 0. The fraction of sp³-hybridized carbons (Fsp3) is 0.923. The normalized spacial score (nSPS) is 11.1. The molecule has 0 aliphatic rings. The molecule has 0 unspecified atom stereocenters. The first-order valence-electron chi connectivity index (χ1n) is 6.65. The van der Waals surface area contributed by atoms with Crippen molar-refractivity contribution in [3.05, 3.63) is 0 Å². The fourth-order valence-corrected chi connectivity index (χ4v) is 1.14. The van der Waals surface area contributed by atoms with E-state index in [1.54, 1.807) is 0 Å². The highest BCUT2D eigenvalue weighted by atomic mass is 16.6. The van der Waals surface area contributed by atoms with E-state index in [0.29, 0.717) is 45.6 Å². The molecule has 6 heteroatoms. The molecule has 0 aromatic heterocycles. The Kier molecular flexibility index (Phi) is 13.2. The van der Waals surface area contributed by atoms with E-state index in [2.05, 4.69) is 13.8 Å². The summed E-state index contributed by atoms with van der Waals surface area (Å²) < 4.78 is 21.0. The fourth-order valence-electron chi connectivity index (χ4n) is 1.14. The first kappa shape index (κ1) is 18.3. The largest absolute Gasteiger partial charge is 0.481 e. The van der Waals surface area contributed by atoms with Crippen LogP contribution in [0, 0.1) is 5.92 Å². The zero-order valence-electron chi connectivity index (χ0n) is 11.9. The lowest BCUT2D eigenvalue weighted by atomic mass is 10.2. The van der Waals surface area contributed by atoms with E-state index in [1.807, 2.05) is 0 Å². The number of hydrogen-bond acceptors (Lipinski definition) is 5. The third-order valence-electron chi connectivity index (χ3n) is 2.03. The summed E-state index contributed by atoms with van der Waals surface area (Å²) in [5.74, 6) is -0.307. The topological polar surface area (TPSA) is 74.2 Å². The van der Waals surface area contributed by atoms with Gasteiger partial charge < -0.3 is 24.1 Å². The van der Waals surface area contributed by atoms with E-state index in [-0.39, 0.29) is 13.0 Å². The Morgan fingerprint density at radius 2 is 1.26 bits per heavy atom. The summed E-state index contributed by atoms with van der Waals surface area (Å²) >= 11 is 0. The van der Waals surface area contributed by atoms with Crippen LogP contribution in [-0.2, 0) is 23.7 Å². The zero-order chi connectivity index (χ0) is 14.3. The van der Waals surface area contributed by atoms with Crippen LogP contribution in [-0.4, -0.2) is 63.9 Å². The van der Waals surface area contributed by atoms with E-state index >= 15 is 0 Å². The summed E-state index contributed by atoms with van der Waals surface area (Å²) in [6, 6.07) is 0. The van der Waals surface area contributed by atoms with Gasteiger partial charge in [-0.15, -0.1) is 0 Å². The van der Waals surface area contributed by atoms with Crippen molar-refractivity contribution in [1.29, 1.82) is 0 Å². The molecule has 0 aliphatic carbocycles. The van der Waals surface area contributed by atoms with Crippen LogP contribution < -0.4 is 0 Å². The summed E-state index contributed by atoms with van der Waals surface area (Å²) in [6.45, 7) is 8.27. The van der Waals surface area contributed by atoms with Crippen LogP contribution in [0.3, 0.4) is 0 Å². The molecular formula is C13H26O6. The number of carboxylic acids is 1. The predicted molar refractivity (Wildman–Crippen MR) is 70.4 cm³/mol. The average molecular weight is 278 g/mol. The lowest BCUT2D eigenvalue weighted by Crippen LogP contribution is -2.13. The molecule has 0 saturated heterocycles. The van der Waals surface area contributed by atoms with Gasteiger partial charge >= 0.3 is 5.97 Å². The molecule has 0 radical (unpaired) electrons. The van der Waals surface area contributed by atoms with Crippen molar-refractivity contribution < 1.29 is 28.8 Å². The monoisotopic (exact) mass is 278 g/mol. The summed E-state index contributed by atoms with van der Waals surface area (Å²) in [4.78, 5) is 10.2. The molecule has 1 N–H and O–H groups in total. The molecule has 6 nitrogen and oxygen atoms in total. The van der Waals surface area contributed by atoms with E-state index < -0.39 is 5.97 Å². The molecule has 0 fully saturated rings. The second kappa shape index (κ2) is 13.7. The van der Waals surface area contributed by atoms with Gasteiger partial charge in [-0.3, -0.25) is 4.79 Å². The minimum absolute atomic E-state index is 0.0273. The van der Waals surface area contributed by atoms with Gasteiger partial charge in [-0.25, -0.2) is 0 Å². The third-order valence-corrected chi connectivity index (χ3v) is 2.03. The van der Waals surface area contributed by atoms with E-state index in [1.165, 1.54) is 0 Å². The standard InChI is InChI=1S/C13H26O6/c1-12(2)11-19-10-9-18-8-7-17-6-5-16-4-3-13(14)15/h12H,3-11H2,1-2H3,(H,14,15). The molecule has 0 saturated carbocycles. The van der Waals surface area contributed by atoms with Crippen molar-refractivity contribution in [2.45, 2.75) is 20.3 Å². The quantitative estimate of drug-likeness (QED) is 0.481. The molecule has 0 atom stereocenters. The Bertz CT molecular complexity index is 207. The van der Waals surface area contributed by atoms with Gasteiger partial charge in [0.1, 0.15) is 0 Å². The maximum atomic E-state index is 10.2. The molecule has 0 amide bonds. The van der Waals surface area contributed by atoms with Crippen LogP contribution in [0.2, 0.25) is 0 Å². The van der Waals surface area contributed by atoms with Gasteiger partial charge in [-0.05, 0) is 5.92 Å². The molecule has 0 spiro atoms. The Morgan fingerprint density at radius 1 is 0.842 bits per heavy atom. The SMILES string of the molecule is CC(C)COCCOCCOCCOCCC(=O)O. The number of ether oxygens (including phenoxy) is 4. The van der Waals surface area contributed by atoms with Crippen LogP contribution in [0.4, 0.5) is 0 Å². The van der Waals surface area contributed by atoms with E-state index in [4.69, 9.17) is 24.1 Å². The first-order valence-corrected chi connectivity index (χ1v) is 6.65. The molecule has 0 bridgehead atoms. The smallest absolute Gasteiger partial charge is 0.305 e. The zero-order valence-corrected chi connectivity index (χ0v) is 11.9. The van der Waals surface area contributed by atoms with Crippen LogP contribution >= 0.6 is 0 Å². The molecule has 0 aromatic rings. The first-order chi connectivity index (χ1) is 9.13. The van der Waals surface area contributed by atoms with Gasteiger partial charge in [0.2, 0.25) is 0 Å². The number of rotatable bonds is 14. The lowest BCUT2D eigenvalue weighted by Gasteiger charge is -2.08. The minimum atomic E-state index is -0.853. The second-order valence-electron chi connectivity index (χ2n) is 4.45. The summed E-state index contributed by atoms with van der Waals surface area (Å²) in [6.07, 6.45) is 0.0273. The van der Waals surface area contributed by atoms with Crippen molar-refractivity contribution in [1.82, 2.24) is 0 Å². The van der Waals surface area contributed by atoms with Crippen molar-refractivity contribution in [2.24, 2.45) is 5.92 Å². The minimum Gasteiger partial charge on any atom is -0.481 e. The van der Waals surface area contributed by atoms with Gasteiger partial charge in [0.15, 0.2) is 0 Å². The van der Waals surface area contributed by atoms with Crippen LogP contribution in [0.1, 0.15) is 20.3 Å². The molecule has 114 valence electrons. The molecule has 0 heterocycles. The predicted octanol–water partition coefficient (Wildman–Crippen LogP) is 1.18. The Hall–Kier alpha value is -0.690. The second-order valence-corrected chi connectivity index (χ2v) is 4.45. The van der Waals surface area contributed by atoms with Crippen molar-refractivity contribution in [2.75, 3.05) is 52.9 Å². The Balaban J connectivity index is 2.97. The number of hydrogen-bond donors (Lipinski definition) is 1. The van der Waals surface area contributed by atoms with Crippen molar-refractivity contribution in [3.63, 3.8) is 0 Å². The van der Waals surface area contributed by atoms with Crippen molar-refractivity contribution >= 4 is 5.97 Å². The van der Waals surface area contributed by atoms with Gasteiger partial charge in [0, 0.05) is 6.61 Å². The maximum Gasteiger partial charge on any atom is 0.305 e. The molecule has 0 rings (SSSR count). The Morgan fingerprint density at radius 3 is 1.68 bits per heavy atom.